The number of carboxylic acids is 1. The van der Waals surface area contributed by atoms with Crippen LogP contribution in [0.4, 0.5) is 8.78 Å². The Morgan fingerprint density at radius 1 is 1.17 bits per heavy atom. The van der Waals surface area contributed by atoms with Crippen LogP contribution in [0.2, 0.25) is 0 Å². The summed E-state index contributed by atoms with van der Waals surface area (Å²) < 4.78 is 26.1. The number of likely N-dealkylation sites (tertiary alicyclic amines) is 1. The first kappa shape index (κ1) is 16.9. The lowest BCUT2D eigenvalue weighted by Gasteiger charge is -2.31. The van der Waals surface area contributed by atoms with Crippen LogP contribution in [-0.4, -0.2) is 47.4 Å². The van der Waals surface area contributed by atoms with Gasteiger partial charge in [0.2, 0.25) is 5.91 Å². The highest BCUT2D eigenvalue weighted by Crippen LogP contribution is 2.20. The molecular formula is C15H16F2N2O4. The number of amides is 2. The normalized spacial score (nSPS) is 15.3. The topological polar surface area (TPSA) is 86.7 Å². The molecule has 0 aromatic heterocycles. The molecule has 6 nitrogen and oxygen atoms in total. The number of nitrogens with one attached hydrogen (secondary N) is 1. The van der Waals surface area contributed by atoms with Crippen LogP contribution in [0.15, 0.2) is 18.2 Å². The van der Waals surface area contributed by atoms with E-state index in [-0.39, 0.29) is 17.4 Å². The van der Waals surface area contributed by atoms with E-state index >= 15 is 0 Å². The zero-order valence-corrected chi connectivity index (χ0v) is 12.2. The molecule has 124 valence electrons. The molecule has 1 aliphatic rings. The van der Waals surface area contributed by atoms with Crippen molar-refractivity contribution in [3.05, 3.63) is 35.4 Å². The largest absolute Gasteiger partial charge is 0.480 e. The SMILES string of the molecule is O=C(O)CNC(=O)C1CCN(C(=O)c2ccc(F)c(F)c2)CC1. The summed E-state index contributed by atoms with van der Waals surface area (Å²) in [5.74, 6) is -4.36. The van der Waals surface area contributed by atoms with Gasteiger partial charge in [0.25, 0.3) is 5.91 Å². The Bertz CT molecular complexity index is 628. The summed E-state index contributed by atoms with van der Waals surface area (Å²) in [6.45, 7) is 0.152. The second-order valence-corrected chi connectivity index (χ2v) is 5.31. The number of hydrogen-bond acceptors (Lipinski definition) is 3. The minimum absolute atomic E-state index is 0.0534. The van der Waals surface area contributed by atoms with E-state index in [4.69, 9.17) is 5.11 Å². The number of piperidine rings is 1. The molecule has 8 heteroatoms. The summed E-state index contributed by atoms with van der Waals surface area (Å²) in [6, 6.07) is 2.96. The highest BCUT2D eigenvalue weighted by Gasteiger charge is 2.28. The van der Waals surface area contributed by atoms with Gasteiger partial charge < -0.3 is 15.3 Å². The summed E-state index contributed by atoms with van der Waals surface area (Å²) in [7, 11) is 0. The Morgan fingerprint density at radius 2 is 1.83 bits per heavy atom. The summed E-state index contributed by atoms with van der Waals surface area (Å²) in [5.41, 5.74) is 0.0534. The summed E-state index contributed by atoms with van der Waals surface area (Å²) >= 11 is 0. The van der Waals surface area contributed by atoms with Gasteiger partial charge in [0.05, 0.1) is 0 Å². The zero-order valence-electron chi connectivity index (χ0n) is 12.2. The smallest absolute Gasteiger partial charge is 0.322 e. The highest BCUT2D eigenvalue weighted by molar-refractivity contribution is 5.94. The van der Waals surface area contributed by atoms with Crippen molar-refractivity contribution < 1.29 is 28.3 Å². The number of carbonyl (C=O) groups excluding carboxylic acids is 2. The van der Waals surface area contributed by atoms with E-state index in [9.17, 15) is 23.2 Å². The molecule has 0 unspecified atom stereocenters. The number of aliphatic carboxylic acids is 1. The molecule has 0 atom stereocenters. The van der Waals surface area contributed by atoms with Crippen LogP contribution < -0.4 is 5.32 Å². The van der Waals surface area contributed by atoms with Gasteiger partial charge in [-0.15, -0.1) is 0 Å². The first-order valence-electron chi connectivity index (χ1n) is 7.12. The molecule has 1 aromatic rings. The minimum atomic E-state index is -1.12. The molecule has 1 fully saturated rings. The lowest BCUT2D eigenvalue weighted by Crippen LogP contribution is -2.43. The molecule has 0 saturated carbocycles. The van der Waals surface area contributed by atoms with E-state index in [0.717, 1.165) is 12.1 Å². The molecule has 2 N–H and O–H groups in total. The zero-order chi connectivity index (χ0) is 17.0. The predicted molar refractivity (Wildman–Crippen MR) is 75.6 cm³/mol. The highest BCUT2D eigenvalue weighted by atomic mass is 19.2. The summed E-state index contributed by atoms with van der Waals surface area (Å²) in [4.78, 5) is 35.9. The van der Waals surface area contributed by atoms with Gasteiger partial charge in [0.1, 0.15) is 6.54 Å². The second kappa shape index (κ2) is 7.17. The number of nitrogens with zero attached hydrogens (tertiary/aromatic N) is 1. The third-order valence-electron chi connectivity index (χ3n) is 3.73. The van der Waals surface area contributed by atoms with Crippen molar-refractivity contribution >= 4 is 17.8 Å². The maximum atomic E-state index is 13.2. The van der Waals surface area contributed by atoms with Crippen LogP contribution in [0.25, 0.3) is 0 Å². The molecular weight excluding hydrogens is 310 g/mol. The van der Waals surface area contributed by atoms with Gasteiger partial charge in [-0.25, -0.2) is 8.78 Å². The van der Waals surface area contributed by atoms with Crippen LogP contribution in [0.3, 0.4) is 0 Å². The Kier molecular flexibility index (Phi) is 5.25. The molecule has 23 heavy (non-hydrogen) atoms. The van der Waals surface area contributed by atoms with E-state index in [1.165, 1.54) is 11.0 Å². The number of hydrogen-bond donors (Lipinski definition) is 2. The van der Waals surface area contributed by atoms with Crippen molar-refractivity contribution in [2.24, 2.45) is 5.92 Å². The van der Waals surface area contributed by atoms with Gasteiger partial charge in [-0.2, -0.15) is 0 Å². The molecule has 1 aromatic carbocycles. The third-order valence-corrected chi connectivity index (χ3v) is 3.73. The lowest BCUT2D eigenvalue weighted by atomic mass is 9.95. The van der Waals surface area contributed by atoms with Gasteiger partial charge in [0, 0.05) is 24.6 Å². The molecule has 2 amide bonds. The first-order chi connectivity index (χ1) is 10.9. The number of benzene rings is 1. The fourth-order valence-electron chi connectivity index (χ4n) is 2.46. The van der Waals surface area contributed by atoms with Gasteiger partial charge in [-0.1, -0.05) is 0 Å². The second-order valence-electron chi connectivity index (χ2n) is 5.31. The molecule has 0 aliphatic carbocycles. The molecule has 1 saturated heterocycles. The fourth-order valence-corrected chi connectivity index (χ4v) is 2.46. The first-order valence-corrected chi connectivity index (χ1v) is 7.12. The quantitative estimate of drug-likeness (QED) is 0.865. The van der Waals surface area contributed by atoms with Gasteiger partial charge >= 0.3 is 5.97 Å². The Balaban J connectivity index is 1.90. The monoisotopic (exact) mass is 326 g/mol. The van der Waals surface area contributed by atoms with E-state index < -0.39 is 30.1 Å². The molecule has 1 heterocycles. The number of halogens is 2. The summed E-state index contributed by atoms with van der Waals surface area (Å²) in [5, 5.41) is 10.8. The van der Waals surface area contributed by atoms with Crippen molar-refractivity contribution in [2.45, 2.75) is 12.8 Å². The molecule has 0 radical (unpaired) electrons. The Hall–Kier alpha value is -2.51. The molecule has 0 spiro atoms. The predicted octanol–water partition coefficient (Wildman–Crippen LogP) is 1.02. The van der Waals surface area contributed by atoms with E-state index in [2.05, 4.69) is 5.32 Å². The minimum Gasteiger partial charge on any atom is -0.480 e. The Labute approximate surface area is 131 Å². The van der Waals surface area contributed by atoms with Crippen molar-refractivity contribution in [2.75, 3.05) is 19.6 Å². The molecule has 0 bridgehead atoms. The van der Waals surface area contributed by atoms with Crippen LogP contribution >= 0.6 is 0 Å². The van der Waals surface area contributed by atoms with E-state index in [1.54, 1.807) is 0 Å². The lowest BCUT2D eigenvalue weighted by molar-refractivity contribution is -0.138. The molecule has 1 aliphatic heterocycles. The average molecular weight is 326 g/mol. The maximum absolute atomic E-state index is 13.2. The van der Waals surface area contributed by atoms with Gasteiger partial charge in [-0.3, -0.25) is 14.4 Å². The molecule has 2 rings (SSSR count). The van der Waals surface area contributed by atoms with Crippen molar-refractivity contribution in [1.29, 1.82) is 0 Å². The standard InChI is InChI=1S/C15H16F2N2O4/c16-11-2-1-10(7-12(11)17)15(23)19-5-3-9(4-6-19)14(22)18-8-13(20)21/h1-2,7,9H,3-6,8H2,(H,18,22)(H,20,21). The van der Waals surface area contributed by atoms with Crippen LogP contribution in [0.5, 0.6) is 0 Å². The van der Waals surface area contributed by atoms with Gasteiger partial charge in [0.15, 0.2) is 11.6 Å². The number of carboxylic acid groups (broad SMARTS) is 1. The maximum Gasteiger partial charge on any atom is 0.322 e. The van der Waals surface area contributed by atoms with E-state index in [0.29, 0.717) is 25.9 Å². The van der Waals surface area contributed by atoms with Crippen molar-refractivity contribution in [3.63, 3.8) is 0 Å². The van der Waals surface area contributed by atoms with Crippen LogP contribution in [0, 0.1) is 17.6 Å². The van der Waals surface area contributed by atoms with Crippen LogP contribution in [0.1, 0.15) is 23.2 Å². The Morgan fingerprint density at radius 3 is 2.39 bits per heavy atom. The fraction of sp³-hybridized carbons (Fsp3) is 0.400. The van der Waals surface area contributed by atoms with Crippen molar-refractivity contribution in [1.82, 2.24) is 10.2 Å². The van der Waals surface area contributed by atoms with Crippen molar-refractivity contribution in [3.8, 4) is 0 Å². The average Bonchev–Trinajstić information content (AvgIpc) is 2.54. The number of rotatable bonds is 4. The third kappa shape index (κ3) is 4.24. The number of carbonyl (C=O) groups is 3. The van der Waals surface area contributed by atoms with Gasteiger partial charge in [-0.05, 0) is 31.0 Å². The van der Waals surface area contributed by atoms with E-state index in [1.807, 2.05) is 0 Å². The summed E-state index contributed by atoms with van der Waals surface area (Å²) in [6.07, 6.45) is 0.780. The van der Waals surface area contributed by atoms with Crippen LogP contribution in [-0.2, 0) is 9.59 Å².